The monoisotopic (exact) mass is 440 g/mol. The number of nitrogens with one attached hydrogen (secondary N) is 1. The first kappa shape index (κ1) is 23.0. The van der Waals surface area contributed by atoms with Crippen molar-refractivity contribution in [3.63, 3.8) is 0 Å². The van der Waals surface area contributed by atoms with Gasteiger partial charge in [0.25, 0.3) is 0 Å². The molecule has 2 rings (SSSR count). The molecule has 0 aliphatic carbocycles. The van der Waals surface area contributed by atoms with Crippen LogP contribution in [0.25, 0.3) is 0 Å². The number of carbonyl (C=O) groups excluding carboxylic acids is 1. The molecule has 0 aromatic heterocycles. The van der Waals surface area contributed by atoms with Crippen molar-refractivity contribution >= 4 is 33.2 Å². The first-order valence-electron chi connectivity index (χ1n) is 9.11. The summed E-state index contributed by atoms with van der Waals surface area (Å²) >= 11 is 6.03. The number of carbonyl (C=O) groups is 1. The Balaban J connectivity index is 2.14. The third-order valence-electron chi connectivity index (χ3n) is 4.10. The van der Waals surface area contributed by atoms with E-state index in [2.05, 4.69) is 5.32 Å². The Bertz CT molecular complexity index is 979. The molecule has 0 atom stereocenters. The van der Waals surface area contributed by atoms with Gasteiger partial charge in [-0.15, -0.1) is 0 Å². The topological polar surface area (TPSA) is 84.9 Å². The molecule has 0 aliphatic rings. The maximum Gasteiger partial charge on any atom is 0.243 e. The van der Waals surface area contributed by atoms with E-state index in [9.17, 15) is 13.2 Å². The molecule has 0 saturated carbocycles. The maximum absolute atomic E-state index is 12.8. The molecule has 0 fully saturated rings. The Hall–Kier alpha value is -2.29. The molecule has 0 unspecified atom stereocenters. The Morgan fingerprint density at radius 1 is 1.10 bits per heavy atom. The molecular formula is C20H25ClN2O5S. The summed E-state index contributed by atoms with van der Waals surface area (Å²) in [5.74, 6) is 0.591. The largest absolute Gasteiger partial charge is 0.490 e. The molecule has 0 bridgehead atoms. The van der Waals surface area contributed by atoms with Crippen LogP contribution >= 0.6 is 11.6 Å². The highest BCUT2D eigenvalue weighted by Crippen LogP contribution is 2.31. The van der Waals surface area contributed by atoms with Crippen LogP contribution in [0.1, 0.15) is 19.4 Å². The van der Waals surface area contributed by atoms with E-state index in [1.54, 1.807) is 37.3 Å². The fourth-order valence-corrected chi connectivity index (χ4v) is 4.25. The lowest BCUT2D eigenvalue weighted by Crippen LogP contribution is -2.35. The number of hydrogen-bond acceptors (Lipinski definition) is 5. The van der Waals surface area contributed by atoms with Gasteiger partial charge in [0.1, 0.15) is 0 Å². The first-order valence-corrected chi connectivity index (χ1v) is 10.9. The Kier molecular flexibility index (Phi) is 7.89. The standard InChI is InChI=1S/C20H25ClN2O5S/c1-5-27-17-11-10-15(12-18(17)28-6-2)22-20(24)13-23(4)29(25,26)19-9-7-8-16(21)14(19)3/h7-12H,5-6,13H2,1-4H3,(H,22,24). The molecule has 29 heavy (non-hydrogen) atoms. The van der Waals surface area contributed by atoms with Gasteiger partial charge in [0.2, 0.25) is 15.9 Å². The lowest BCUT2D eigenvalue weighted by Gasteiger charge is -2.19. The second-order valence-corrected chi connectivity index (χ2v) is 8.62. The van der Waals surface area contributed by atoms with Crippen molar-refractivity contribution in [2.24, 2.45) is 0 Å². The highest BCUT2D eigenvalue weighted by molar-refractivity contribution is 7.89. The molecule has 0 aliphatic heterocycles. The summed E-state index contributed by atoms with van der Waals surface area (Å²) in [7, 11) is -2.52. The molecule has 1 amide bonds. The van der Waals surface area contributed by atoms with Crippen molar-refractivity contribution in [3.05, 3.63) is 47.0 Å². The number of anilines is 1. The minimum atomic E-state index is -3.87. The van der Waals surface area contributed by atoms with Gasteiger partial charge in [0.05, 0.1) is 24.7 Å². The summed E-state index contributed by atoms with van der Waals surface area (Å²) in [6.45, 7) is 5.90. The maximum atomic E-state index is 12.8. The van der Waals surface area contributed by atoms with Crippen LogP contribution in [0, 0.1) is 6.92 Å². The summed E-state index contributed by atoms with van der Waals surface area (Å²) in [5.41, 5.74) is 0.918. The molecule has 0 heterocycles. The average Bonchev–Trinajstić information content (AvgIpc) is 2.66. The van der Waals surface area contributed by atoms with E-state index < -0.39 is 15.9 Å². The van der Waals surface area contributed by atoms with Crippen LogP contribution in [0.3, 0.4) is 0 Å². The van der Waals surface area contributed by atoms with E-state index >= 15 is 0 Å². The van der Waals surface area contributed by atoms with Gasteiger partial charge in [0, 0.05) is 23.8 Å². The number of nitrogens with zero attached hydrogens (tertiary/aromatic N) is 1. The van der Waals surface area contributed by atoms with E-state index in [1.165, 1.54) is 13.1 Å². The van der Waals surface area contributed by atoms with E-state index in [1.807, 2.05) is 13.8 Å². The molecule has 0 saturated heterocycles. The quantitative estimate of drug-likeness (QED) is 0.642. The predicted molar refractivity (Wildman–Crippen MR) is 113 cm³/mol. The SMILES string of the molecule is CCOc1ccc(NC(=O)CN(C)S(=O)(=O)c2cccc(Cl)c2C)cc1OCC. The number of benzene rings is 2. The number of rotatable bonds is 9. The van der Waals surface area contributed by atoms with E-state index in [4.69, 9.17) is 21.1 Å². The summed E-state index contributed by atoms with van der Waals surface area (Å²) in [5, 5.41) is 3.03. The zero-order valence-corrected chi connectivity index (χ0v) is 18.4. The van der Waals surface area contributed by atoms with Gasteiger partial charge in [-0.05, 0) is 50.6 Å². The molecule has 9 heteroatoms. The van der Waals surface area contributed by atoms with Gasteiger partial charge < -0.3 is 14.8 Å². The third-order valence-corrected chi connectivity index (χ3v) is 6.46. The number of ether oxygens (including phenoxy) is 2. The van der Waals surface area contributed by atoms with Crippen LogP contribution < -0.4 is 14.8 Å². The molecule has 0 spiro atoms. The van der Waals surface area contributed by atoms with Crippen molar-refractivity contribution in [1.82, 2.24) is 4.31 Å². The van der Waals surface area contributed by atoms with Crippen molar-refractivity contribution < 1.29 is 22.7 Å². The van der Waals surface area contributed by atoms with E-state index in [0.29, 0.717) is 41.0 Å². The number of amides is 1. The summed E-state index contributed by atoms with van der Waals surface area (Å²) in [6.07, 6.45) is 0. The van der Waals surface area contributed by atoms with Crippen molar-refractivity contribution in [3.8, 4) is 11.5 Å². The number of likely N-dealkylation sites (N-methyl/N-ethyl adjacent to an activating group) is 1. The van der Waals surface area contributed by atoms with Crippen molar-refractivity contribution in [1.29, 1.82) is 0 Å². The number of halogens is 1. The molecule has 158 valence electrons. The fraction of sp³-hybridized carbons (Fsp3) is 0.350. The summed E-state index contributed by atoms with van der Waals surface area (Å²) in [6, 6.07) is 9.64. The molecule has 2 aromatic carbocycles. The highest BCUT2D eigenvalue weighted by atomic mass is 35.5. The second-order valence-electron chi connectivity index (χ2n) is 6.20. The van der Waals surface area contributed by atoms with Crippen molar-refractivity contribution in [2.75, 3.05) is 32.1 Å². The van der Waals surface area contributed by atoms with E-state index in [-0.39, 0.29) is 11.4 Å². The summed E-state index contributed by atoms with van der Waals surface area (Å²) in [4.78, 5) is 12.5. The lowest BCUT2D eigenvalue weighted by molar-refractivity contribution is -0.116. The van der Waals surface area contributed by atoms with Gasteiger partial charge in [-0.25, -0.2) is 8.42 Å². The van der Waals surface area contributed by atoms with Crippen LogP contribution in [-0.2, 0) is 14.8 Å². The zero-order chi connectivity index (χ0) is 21.6. The van der Waals surface area contributed by atoms with Gasteiger partial charge in [-0.3, -0.25) is 4.79 Å². The smallest absolute Gasteiger partial charge is 0.243 e. The molecule has 0 radical (unpaired) electrons. The van der Waals surface area contributed by atoms with Crippen LogP contribution in [0.2, 0.25) is 5.02 Å². The molecular weight excluding hydrogens is 416 g/mol. The second kappa shape index (κ2) is 9.96. The van der Waals surface area contributed by atoms with Crippen LogP contribution in [0.5, 0.6) is 11.5 Å². The van der Waals surface area contributed by atoms with Crippen LogP contribution in [0.15, 0.2) is 41.3 Å². The first-order chi connectivity index (χ1) is 13.7. The van der Waals surface area contributed by atoms with E-state index in [0.717, 1.165) is 4.31 Å². The number of sulfonamides is 1. The predicted octanol–water partition coefficient (Wildman–Crippen LogP) is 3.71. The normalized spacial score (nSPS) is 11.4. The average molecular weight is 441 g/mol. The fourth-order valence-electron chi connectivity index (χ4n) is 2.65. The van der Waals surface area contributed by atoms with Gasteiger partial charge >= 0.3 is 0 Å². The Morgan fingerprint density at radius 3 is 2.41 bits per heavy atom. The third kappa shape index (κ3) is 5.62. The molecule has 1 N–H and O–H groups in total. The zero-order valence-electron chi connectivity index (χ0n) is 16.9. The highest BCUT2D eigenvalue weighted by Gasteiger charge is 2.25. The Morgan fingerprint density at radius 2 is 1.76 bits per heavy atom. The minimum Gasteiger partial charge on any atom is -0.490 e. The minimum absolute atomic E-state index is 0.0694. The lowest BCUT2D eigenvalue weighted by atomic mass is 10.2. The van der Waals surface area contributed by atoms with Gasteiger partial charge in [-0.1, -0.05) is 17.7 Å². The van der Waals surface area contributed by atoms with Crippen LogP contribution in [-0.4, -0.2) is 45.4 Å². The number of hydrogen-bond donors (Lipinski definition) is 1. The van der Waals surface area contributed by atoms with Crippen molar-refractivity contribution in [2.45, 2.75) is 25.7 Å². The van der Waals surface area contributed by atoms with Gasteiger partial charge in [0.15, 0.2) is 11.5 Å². The molecule has 2 aromatic rings. The van der Waals surface area contributed by atoms with Crippen LogP contribution in [0.4, 0.5) is 5.69 Å². The van der Waals surface area contributed by atoms with Gasteiger partial charge in [-0.2, -0.15) is 4.31 Å². The Labute approximate surface area is 176 Å². The molecule has 7 nitrogen and oxygen atoms in total. The summed E-state index contributed by atoms with van der Waals surface area (Å²) < 4.78 is 37.6.